The number of amides is 2. The van der Waals surface area contributed by atoms with Gasteiger partial charge < -0.3 is 0 Å². The minimum absolute atomic E-state index is 0.222. The average molecular weight is 657 g/mol. The molecule has 2 N–H and O–H groups in total. The molecular weight excluding hydrogens is 626 g/mol. The summed E-state index contributed by atoms with van der Waals surface area (Å²) in [4.78, 5) is 25.8. The van der Waals surface area contributed by atoms with E-state index in [9.17, 15) is 9.59 Å². The Morgan fingerprint density at radius 3 is 1.79 bits per heavy atom. The summed E-state index contributed by atoms with van der Waals surface area (Å²) in [6, 6.07) is 37.2. The molecule has 0 bridgehead atoms. The van der Waals surface area contributed by atoms with Crippen molar-refractivity contribution in [3.63, 3.8) is 0 Å². The fourth-order valence-corrected chi connectivity index (χ4v) is 10.2. The molecule has 0 fully saturated rings. The molecule has 1 unspecified atom stereocenters. The van der Waals surface area contributed by atoms with E-state index in [0.717, 1.165) is 17.3 Å². The Hall–Kier alpha value is -2.73. The number of carbonyl (C=O) groups is 2. The van der Waals surface area contributed by atoms with Crippen LogP contribution in [0.5, 0.6) is 0 Å². The van der Waals surface area contributed by atoms with E-state index in [4.69, 9.17) is 11.6 Å². The Morgan fingerprint density at radius 2 is 1.32 bits per heavy atom. The first-order chi connectivity index (χ1) is 18.5. The van der Waals surface area contributed by atoms with Gasteiger partial charge in [0.2, 0.25) is 0 Å². The molecule has 0 aliphatic rings. The molecule has 7 heteroatoms. The number of hydrogen-bond donors (Lipinski definition) is 2. The van der Waals surface area contributed by atoms with Gasteiger partial charge in [-0.1, -0.05) is 0 Å². The van der Waals surface area contributed by atoms with Crippen LogP contribution < -0.4 is 26.5 Å². The predicted molar refractivity (Wildman–Crippen MR) is 170 cm³/mol. The number of carbonyl (C=O) groups excluding carboxylic acids is 2. The van der Waals surface area contributed by atoms with Gasteiger partial charge in [0.05, 0.1) is 0 Å². The zero-order valence-corrected chi connectivity index (χ0v) is 25.1. The molecule has 4 nitrogen and oxygen atoms in total. The van der Waals surface area contributed by atoms with Crippen molar-refractivity contribution in [2.45, 2.75) is 16.9 Å². The third-order valence-corrected chi connectivity index (χ3v) is 13.0. The first-order valence-corrected chi connectivity index (χ1v) is 16.5. The van der Waals surface area contributed by atoms with Crippen LogP contribution in [0.2, 0.25) is 0 Å². The van der Waals surface area contributed by atoms with E-state index in [1.54, 1.807) is 12.1 Å². The Balaban J connectivity index is 1.52. The third-order valence-electron chi connectivity index (χ3n) is 6.84. The molecule has 4 rings (SSSR count). The van der Waals surface area contributed by atoms with Crippen LogP contribution in [0.25, 0.3) is 0 Å². The molecule has 38 heavy (non-hydrogen) atoms. The van der Waals surface area contributed by atoms with Gasteiger partial charge >= 0.3 is 245 Å². The third kappa shape index (κ3) is 6.45. The Bertz CT molecular complexity index is 1270. The molecular formula is C31H31ClIN2O2P. The van der Waals surface area contributed by atoms with Gasteiger partial charge in [0.15, 0.2) is 0 Å². The molecule has 4 aromatic carbocycles. The van der Waals surface area contributed by atoms with Crippen molar-refractivity contribution < 1.29 is 9.59 Å². The molecule has 0 aromatic heterocycles. The molecule has 0 saturated carbocycles. The Morgan fingerprint density at radius 1 is 0.816 bits per heavy atom. The second-order valence-corrected chi connectivity index (χ2v) is 14.7. The van der Waals surface area contributed by atoms with Gasteiger partial charge in [0.1, 0.15) is 0 Å². The van der Waals surface area contributed by atoms with E-state index in [2.05, 4.69) is 83.4 Å². The van der Waals surface area contributed by atoms with E-state index in [1.807, 2.05) is 53.8 Å². The maximum absolute atomic E-state index is 13.0. The van der Waals surface area contributed by atoms with Crippen LogP contribution >= 0.6 is 41.5 Å². The monoisotopic (exact) mass is 656 g/mol. The number of halogens is 2. The zero-order chi connectivity index (χ0) is 27.0. The van der Waals surface area contributed by atoms with Crippen LogP contribution in [0.1, 0.15) is 21.5 Å². The standard InChI is InChI=1S/C31H31ClIN2O2P/c1-23-17-18-24(21-25(23)22-32)30(36)35-29(33)31(37)34-19-20-38(26-11-5-2-6-12-26,27-13-7-3-8-14-27)28-15-9-4-10-16-28/h2-18,21,29,38H,19-20,22H2,1H3,(H,34,37)(H,35,36). The molecule has 0 radical (unpaired) electrons. The normalized spacial score (nSPS) is 12.4. The van der Waals surface area contributed by atoms with Gasteiger partial charge in [-0.25, -0.2) is 0 Å². The van der Waals surface area contributed by atoms with E-state index in [1.165, 1.54) is 15.9 Å². The number of rotatable bonds is 10. The summed E-state index contributed by atoms with van der Waals surface area (Å²) in [5, 5.41) is 9.78. The summed E-state index contributed by atoms with van der Waals surface area (Å²) in [5.41, 5.74) is 2.42. The summed E-state index contributed by atoms with van der Waals surface area (Å²) in [6.07, 6.45) is 0.783. The summed E-state index contributed by atoms with van der Waals surface area (Å²) < 4.78 is -0.706. The minimum atomic E-state index is -2.44. The topological polar surface area (TPSA) is 58.2 Å². The molecule has 4 aromatic rings. The number of benzene rings is 4. The first-order valence-electron chi connectivity index (χ1n) is 12.5. The maximum atomic E-state index is 13.0. The molecule has 2 amide bonds. The molecule has 0 aliphatic carbocycles. The van der Waals surface area contributed by atoms with E-state index < -0.39 is 11.3 Å². The van der Waals surface area contributed by atoms with Crippen molar-refractivity contribution in [3.8, 4) is 0 Å². The summed E-state index contributed by atoms with van der Waals surface area (Å²) in [7, 11) is -2.44. The van der Waals surface area contributed by atoms with Gasteiger partial charge in [0, 0.05) is 0 Å². The van der Waals surface area contributed by atoms with Gasteiger partial charge in [-0.3, -0.25) is 0 Å². The van der Waals surface area contributed by atoms with Crippen molar-refractivity contribution in [2.75, 3.05) is 12.7 Å². The van der Waals surface area contributed by atoms with Crippen LogP contribution in [-0.2, 0) is 10.7 Å². The summed E-state index contributed by atoms with van der Waals surface area (Å²) in [5.74, 6) is -0.190. The number of hydrogen-bond acceptors (Lipinski definition) is 2. The second-order valence-electron chi connectivity index (χ2n) is 9.16. The average Bonchev–Trinajstić information content (AvgIpc) is 2.97. The molecule has 196 valence electrons. The quantitative estimate of drug-likeness (QED) is 0.109. The Labute approximate surface area is 243 Å². The van der Waals surface area contributed by atoms with Crippen molar-refractivity contribution in [1.82, 2.24) is 10.6 Å². The zero-order valence-electron chi connectivity index (χ0n) is 21.2. The number of alkyl halides is 2. The van der Waals surface area contributed by atoms with Crippen molar-refractivity contribution in [2.24, 2.45) is 0 Å². The van der Waals surface area contributed by atoms with Gasteiger partial charge in [0.25, 0.3) is 0 Å². The first kappa shape index (κ1) is 28.3. The predicted octanol–water partition coefficient (Wildman–Crippen LogP) is 5.07. The van der Waals surface area contributed by atoms with Gasteiger partial charge in [-0.15, -0.1) is 0 Å². The Kier molecular flexibility index (Phi) is 9.95. The van der Waals surface area contributed by atoms with Crippen LogP contribution in [-0.4, -0.2) is 28.6 Å². The molecule has 0 heterocycles. The molecule has 0 saturated heterocycles. The fourth-order valence-electron chi connectivity index (χ4n) is 4.78. The summed E-state index contributed by atoms with van der Waals surface area (Å²) >= 11 is 7.97. The van der Waals surface area contributed by atoms with Gasteiger partial charge in [-0.2, -0.15) is 0 Å². The van der Waals surface area contributed by atoms with E-state index in [-0.39, 0.29) is 11.8 Å². The van der Waals surface area contributed by atoms with Crippen molar-refractivity contribution in [1.29, 1.82) is 0 Å². The molecule has 1 atom stereocenters. The van der Waals surface area contributed by atoms with Crippen molar-refractivity contribution >= 4 is 69.2 Å². The van der Waals surface area contributed by atoms with E-state index in [0.29, 0.717) is 18.0 Å². The molecule has 0 spiro atoms. The number of aryl methyl sites for hydroxylation is 1. The van der Waals surface area contributed by atoms with Crippen LogP contribution in [0.3, 0.4) is 0 Å². The summed E-state index contributed by atoms with van der Waals surface area (Å²) in [6.45, 7) is 2.44. The van der Waals surface area contributed by atoms with E-state index >= 15 is 0 Å². The molecule has 0 aliphatic heterocycles. The van der Waals surface area contributed by atoms with Gasteiger partial charge in [-0.05, 0) is 0 Å². The SMILES string of the molecule is Cc1ccc(C(=O)NC(I)C(=O)NCC[PH](c2ccccc2)(c2ccccc2)c2ccccc2)cc1CCl. The van der Waals surface area contributed by atoms with Crippen LogP contribution in [0, 0.1) is 6.92 Å². The van der Waals surface area contributed by atoms with Crippen molar-refractivity contribution in [3.05, 3.63) is 126 Å². The fraction of sp³-hybridized carbons (Fsp3) is 0.161. The van der Waals surface area contributed by atoms with Crippen LogP contribution in [0.4, 0.5) is 0 Å². The second kappa shape index (κ2) is 13.4. The number of nitrogens with one attached hydrogen (secondary N) is 2. The van der Waals surface area contributed by atoms with Crippen LogP contribution in [0.15, 0.2) is 109 Å².